The Balaban J connectivity index is 1.69. The lowest BCUT2D eigenvalue weighted by Gasteiger charge is -2.38. The molecule has 1 aliphatic carbocycles. The largest absolute Gasteiger partial charge is 0.314 e. The molecule has 0 aromatic heterocycles. The maximum atomic E-state index is 12.3. The van der Waals surface area contributed by atoms with Crippen LogP contribution in [0.3, 0.4) is 0 Å². The van der Waals surface area contributed by atoms with Crippen molar-refractivity contribution in [2.24, 2.45) is 0 Å². The number of unbranched alkanes of at least 4 members (excludes halogenated alkanes) is 1. The van der Waals surface area contributed by atoms with E-state index in [1.807, 2.05) is 0 Å². The second-order valence-electron chi connectivity index (χ2n) is 6.09. The molecule has 6 heteroatoms. The summed E-state index contributed by atoms with van der Waals surface area (Å²) in [6, 6.07) is 1.05. The van der Waals surface area contributed by atoms with Crippen LogP contribution >= 0.6 is 0 Å². The van der Waals surface area contributed by atoms with Crippen LogP contribution in [0, 0.1) is 0 Å². The first kappa shape index (κ1) is 16.2. The SMILES string of the molecule is CCN1CCN(S(=O)(=O)CCCCNC2CC2)CC1C. The number of hydrogen-bond acceptors (Lipinski definition) is 4. The predicted octanol–water partition coefficient (Wildman–Crippen LogP) is 0.874. The topological polar surface area (TPSA) is 52.7 Å². The Morgan fingerprint density at radius 3 is 2.55 bits per heavy atom. The van der Waals surface area contributed by atoms with Gasteiger partial charge in [-0.3, -0.25) is 4.90 Å². The normalized spacial score (nSPS) is 26.0. The van der Waals surface area contributed by atoms with Gasteiger partial charge < -0.3 is 5.32 Å². The highest BCUT2D eigenvalue weighted by atomic mass is 32.2. The molecule has 0 spiro atoms. The van der Waals surface area contributed by atoms with Gasteiger partial charge in [0.15, 0.2) is 0 Å². The molecule has 1 aliphatic heterocycles. The van der Waals surface area contributed by atoms with Crippen molar-refractivity contribution in [2.75, 3.05) is 38.5 Å². The Morgan fingerprint density at radius 2 is 1.95 bits per heavy atom. The maximum Gasteiger partial charge on any atom is 0.214 e. The Morgan fingerprint density at radius 1 is 1.20 bits per heavy atom. The van der Waals surface area contributed by atoms with Gasteiger partial charge in [-0.25, -0.2) is 8.42 Å². The van der Waals surface area contributed by atoms with E-state index in [-0.39, 0.29) is 0 Å². The summed E-state index contributed by atoms with van der Waals surface area (Å²) in [6.07, 6.45) is 4.31. The number of likely N-dealkylation sites (N-methyl/N-ethyl adjacent to an activating group) is 1. The van der Waals surface area contributed by atoms with Crippen molar-refractivity contribution in [3.05, 3.63) is 0 Å². The predicted molar refractivity (Wildman–Crippen MR) is 82.3 cm³/mol. The zero-order valence-corrected chi connectivity index (χ0v) is 13.7. The fourth-order valence-electron chi connectivity index (χ4n) is 2.82. The summed E-state index contributed by atoms with van der Waals surface area (Å²) in [4.78, 5) is 2.34. The van der Waals surface area contributed by atoms with Gasteiger partial charge in [0.05, 0.1) is 5.75 Å². The van der Waals surface area contributed by atoms with Gasteiger partial charge >= 0.3 is 0 Å². The van der Waals surface area contributed by atoms with E-state index in [1.165, 1.54) is 12.8 Å². The molecule has 0 aromatic carbocycles. The smallest absolute Gasteiger partial charge is 0.214 e. The third-order valence-corrected chi connectivity index (χ3v) is 6.29. The van der Waals surface area contributed by atoms with Gasteiger partial charge in [0.1, 0.15) is 0 Å². The molecule has 0 bridgehead atoms. The summed E-state index contributed by atoms with van der Waals surface area (Å²) < 4.78 is 26.3. The lowest BCUT2D eigenvalue weighted by molar-refractivity contribution is 0.135. The van der Waals surface area contributed by atoms with Crippen LogP contribution < -0.4 is 5.32 Å². The Bertz CT molecular complexity index is 395. The molecule has 2 aliphatic rings. The number of nitrogens with zero attached hydrogens (tertiary/aromatic N) is 2. The van der Waals surface area contributed by atoms with Crippen molar-refractivity contribution in [1.29, 1.82) is 0 Å². The van der Waals surface area contributed by atoms with Crippen LogP contribution in [0.5, 0.6) is 0 Å². The van der Waals surface area contributed by atoms with E-state index in [1.54, 1.807) is 4.31 Å². The van der Waals surface area contributed by atoms with E-state index >= 15 is 0 Å². The van der Waals surface area contributed by atoms with Gasteiger partial charge in [-0.15, -0.1) is 0 Å². The third-order valence-electron chi connectivity index (χ3n) is 4.37. The molecular formula is C14H29N3O2S. The van der Waals surface area contributed by atoms with E-state index in [0.717, 1.165) is 38.5 Å². The Hall–Kier alpha value is -0.170. The summed E-state index contributed by atoms with van der Waals surface area (Å²) in [5, 5.41) is 3.43. The van der Waals surface area contributed by atoms with Crippen LogP contribution in [-0.2, 0) is 10.0 Å². The first-order valence-corrected chi connectivity index (χ1v) is 9.59. The molecule has 1 atom stereocenters. The molecule has 118 valence electrons. The van der Waals surface area contributed by atoms with Crippen LogP contribution in [0.25, 0.3) is 0 Å². The van der Waals surface area contributed by atoms with E-state index in [0.29, 0.717) is 24.9 Å². The number of hydrogen-bond donors (Lipinski definition) is 1. The highest BCUT2D eigenvalue weighted by Gasteiger charge is 2.29. The summed E-state index contributed by atoms with van der Waals surface area (Å²) in [6.45, 7) is 8.37. The molecule has 5 nitrogen and oxygen atoms in total. The minimum Gasteiger partial charge on any atom is -0.314 e. The standard InChI is InChI=1S/C14H29N3O2S/c1-3-16-9-10-17(12-13(16)2)20(18,19)11-5-4-8-15-14-6-7-14/h13-15H,3-12H2,1-2H3. The fraction of sp³-hybridized carbons (Fsp3) is 1.00. The Labute approximate surface area is 123 Å². The van der Waals surface area contributed by atoms with Crippen molar-refractivity contribution in [3.8, 4) is 0 Å². The maximum absolute atomic E-state index is 12.3. The molecular weight excluding hydrogens is 274 g/mol. The van der Waals surface area contributed by atoms with Crippen LogP contribution in [0.1, 0.15) is 39.5 Å². The molecule has 2 fully saturated rings. The highest BCUT2D eigenvalue weighted by Crippen LogP contribution is 2.18. The molecule has 0 radical (unpaired) electrons. The molecule has 1 N–H and O–H groups in total. The van der Waals surface area contributed by atoms with Gasteiger partial charge in [-0.05, 0) is 45.7 Å². The number of sulfonamides is 1. The van der Waals surface area contributed by atoms with Crippen molar-refractivity contribution < 1.29 is 8.42 Å². The zero-order valence-electron chi connectivity index (χ0n) is 12.8. The minimum atomic E-state index is -3.05. The molecule has 1 unspecified atom stereocenters. The second-order valence-corrected chi connectivity index (χ2v) is 8.18. The first-order chi connectivity index (χ1) is 9.53. The summed E-state index contributed by atoms with van der Waals surface area (Å²) >= 11 is 0. The summed E-state index contributed by atoms with van der Waals surface area (Å²) in [5.41, 5.74) is 0. The average molecular weight is 303 g/mol. The van der Waals surface area contributed by atoms with E-state index in [9.17, 15) is 8.42 Å². The highest BCUT2D eigenvalue weighted by molar-refractivity contribution is 7.89. The third kappa shape index (κ3) is 4.69. The molecule has 0 aromatic rings. The van der Waals surface area contributed by atoms with E-state index < -0.39 is 10.0 Å². The van der Waals surface area contributed by atoms with E-state index in [4.69, 9.17) is 0 Å². The fourth-order valence-corrected chi connectivity index (χ4v) is 4.45. The van der Waals surface area contributed by atoms with Crippen molar-refractivity contribution in [2.45, 2.75) is 51.6 Å². The molecule has 1 saturated heterocycles. The average Bonchev–Trinajstić information content (AvgIpc) is 3.22. The van der Waals surface area contributed by atoms with Gasteiger partial charge in [0.2, 0.25) is 10.0 Å². The summed E-state index contributed by atoms with van der Waals surface area (Å²) in [7, 11) is -3.05. The van der Waals surface area contributed by atoms with Crippen LogP contribution in [-0.4, -0.2) is 68.2 Å². The number of piperazine rings is 1. The van der Waals surface area contributed by atoms with Crippen molar-refractivity contribution >= 4 is 10.0 Å². The van der Waals surface area contributed by atoms with E-state index in [2.05, 4.69) is 24.1 Å². The minimum absolute atomic E-state index is 0.304. The van der Waals surface area contributed by atoms with Crippen molar-refractivity contribution in [1.82, 2.24) is 14.5 Å². The van der Waals surface area contributed by atoms with Crippen LogP contribution in [0.4, 0.5) is 0 Å². The van der Waals surface area contributed by atoms with Crippen LogP contribution in [0.15, 0.2) is 0 Å². The molecule has 20 heavy (non-hydrogen) atoms. The summed E-state index contributed by atoms with van der Waals surface area (Å²) in [5.74, 6) is 0.304. The van der Waals surface area contributed by atoms with Crippen molar-refractivity contribution in [3.63, 3.8) is 0 Å². The van der Waals surface area contributed by atoms with Gasteiger partial charge in [-0.1, -0.05) is 6.92 Å². The van der Waals surface area contributed by atoms with Gasteiger partial charge in [-0.2, -0.15) is 4.31 Å². The zero-order chi connectivity index (χ0) is 14.6. The quantitative estimate of drug-likeness (QED) is 0.676. The van der Waals surface area contributed by atoms with Gasteiger partial charge in [0, 0.05) is 31.7 Å². The lowest BCUT2D eigenvalue weighted by Crippen LogP contribution is -2.53. The Kier molecular flexibility index (Phi) is 5.84. The first-order valence-electron chi connectivity index (χ1n) is 7.98. The molecule has 1 saturated carbocycles. The number of rotatable bonds is 8. The lowest BCUT2D eigenvalue weighted by atomic mass is 10.2. The number of nitrogens with one attached hydrogen (secondary N) is 1. The monoisotopic (exact) mass is 303 g/mol. The van der Waals surface area contributed by atoms with Crippen LogP contribution in [0.2, 0.25) is 0 Å². The molecule has 0 amide bonds. The van der Waals surface area contributed by atoms with Gasteiger partial charge in [0.25, 0.3) is 0 Å². The molecule has 1 heterocycles. The second kappa shape index (κ2) is 7.20. The molecule has 2 rings (SSSR count).